The van der Waals surface area contributed by atoms with E-state index in [0.29, 0.717) is 6.61 Å². The fraction of sp³-hybridized carbons (Fsp3) is 0.500. The molecule has 94 valence electrons. The zero-order chi connectivity index (χ0) is 12.1. The predicted octanol–water partition coefficient (Wildman–Crippen LogP) is 1.43. The van der Waals surface area contributed by atoms with Gasteiger partial charge >= 0.3 is 0 Å². The molecule has 0 saturated carbocycles. The molecule has 2 rings (SSSR count). The summed E-state index contributed by atoms with van der Waals surface area (Å²) in [5.41, 5.74) is 1.25. The molecule has 17 heavy (non-hydrogen) atoms. The lowest BCUT2D eigenvalue weighted by atomic mass is 10.2. The maximum absolute atomic E-state index is 11.5. The monoisotopic (exact) mass is 270 g/mol. The number of ether oxygens (including phenoxy) is 1. The Balaban J connectivity index is 2.01. The number of hydrogen-bond donors (Lipinski definition) is 1. The van der Waals surface area contributed by atoms with Gasteiger partial charge in [-0.3, -0.25) is 0 Å². The van der Waals surface area contributed by atoms with E-state index in [1.165, 1.54) is 5.56 Å². The van der Waals surface area contributed by atoms with Gasteiger partial charge in [0.1, 0.15) is 4.56 Å². The van der Waals surface area contributed by atoms with E-state index in [4.69, 9.17) is 4.74 Å². The minimum atomic E-state index is -1.84. The van der Waals surface area contributed by atoms with Crippen molar-refractivity contribution in [2.45, 2.75) is 29.9 Å². The van der Waals surface area contributed by atoms with Crippen molar-refractivity contribution in [2.75, 3.05) is 6.61 Å². The van der Waals surface area contributed by atoms with Gasteiger partial charge in [-0.2, -0.15) is 0 Å². The standard InChI is InChI=1S/C12H18O3SSi/c13-16(14)12(8-4-5-9-15-12)17-10-11-6-2-1-3-7-11/h1-3,6-7H,4-5,8-10,17H2,(H,13,14). The highest BCUT2D eigenvalue weighted by Gasteiger charge is 2.39. The summed E-state index contributed by atoms with van der Waals surface area (Å²) >= 11 is -1.84. The van der Waals surface area contributed by atoms with Crippen LogP contribution in [0.2, 0.25) is 0 Å². The lowest BCUT2D eigenvalue weighted by Gasteiger charge is -2.34. The average molecular weight is 270 g/mol. The first kappa shape index (κ1) is 13.0. The molecule has 1 fully saturated rings. The van der Waals surface area contributed by atoms with Crippen molar-refractivity contribution in [2.24, 2.45) is 0 Å². The summed E-state index contributed by atoms with van der Waals surface area (Å²) in [6, 6.07) is 11.1. The van der Waals surface area contributed by atoms with Crippen molar-refractivity contribution in [1.29, 1.82) is 0 Å². The van der Waals surface area contributed by atoms with Gasteiger partial charge < -0.3 is 9.29 Å². The van der Waals surface area contributed by atoms with Crippen LogP contribution in [0.1, 0.15) is 24.8 Å². The highest BCUT2D eigenvalue weighted by molar-refractivity contribution is 7.82. The normalized spacial score (nSPS) is 27.4. The van der Waals surface area contributed by atoms with Crippen LogP contribution >= 0.6 is 0 Å². The first-order chi connectivity index (χ1) is 8.23. The maximum Gasteiger partial charge on any atom is 0.181 e. The third-order valence-electron chi connectivity index (χ3n) is 3.27. The Morgan fingerprint density at radius 2 is 2.12 bits per heavy atom. The van der Waals surface area contributed by atoms with E-state index in [1.807, 2.05) is 18.2 Å². The van der Waals surface area contributed by atoms with Gasteiger partial charge in [-0.25, -0.2) is 4.21 Å². The molecule has 3 nitrogen and oxygen atoms in total. The van der Waals surface area contributed by atoms with Crippen molar-refractivity contribution in [3.05, 3.63) is 35.9 Å². The molecule has 1 N–H and O–H groups in total. The average Bonchev–Trinajstić information content (AvgIpc) is 2.38. The van der Waals surface area contributed by atoms with E-state index >= 15 is 0 Å². The van der Waals surface area contributed by atoms with Gasteiger partial charge in [0, 0.05) is 6.61 Å². The second-order valence-electron chi connectivity index (χ2n) is 4.45. The molecule has 0 radical (unpaired) electrons. The van der Waals surface area contributed by atoms with Gasteiger partial charge in [0.25, 0.3) is 0 Å². The molecule has 0 spiro atoms. The Kier molecular flexibility index (Phi) is 4.50. The van der Waals surface area contributed by atoms with Crippen molar-refractivity contribution in [3.63, 3.8) is 0 Å². The predicted molar refractivity (Wildman–Crippen MR) is 72.0 cm³/mol. The number of rotatable bonds is 4. The SMILES string of the molecule is O=S(O)C1([SiH2]Cc2ccccc2)CCCCO1. The summed E-state index contributed by atoms with van der Waals surface area (Å²) in [5, 5.41) is 0. The van der Waals surface area contributed by atoms with Gasteiger partial charge in [-0.15, -0.1) is 0 Å². The highest BCUT2D eigenvalue weighted by atomic mass is 32.2. The van der Waals surface area contributed by atoms with Crippen LogP contribution in [0.3, 0.4) is 0 Å². The molecule has 2 atom stereocenters. The Morgan fingerprint density at radius 1 is 1.35 bits per heavy atom. The summed E-state index contributed by atoms with van der Waals surface area (Å²) in [5.74, 6) is 0. The Hall–Kier alpha value is -0.493. The maximum atomic E-state index is 11.5. The Morgan fingerprint density at radius 3 is 2.71 bits per heavy atom. The van der Waals surface area contributed by atoms with Gasteiger partial charge in [0.05, 0.1) is 9.52 Å². The minimum Gasteiger partial charge on any atom is -0.364 e. The van der Waals surface area contributed by atoms with E-state index in [-0.39, 0.29) is 0 Å². The van der Waals surface area contributed by atoms with Crippen LogP contribution in [0.4, 0.5) is 0 Å². The van der Waals surface area contributed by atoms with Crippen LogP contribution in [-0.4, -0.2) is 29.4 Å². The first-order valence-corrected chi connectivity index (χ1v) is 8.83. The zero-order valence-electron chi connectivity index (χ0n) is 9.80. The summed E-state index contributed by atoms with van der Waals surface area (Å²) < 4.78 is 26.0. The quantitative estimate of drug-likeness (QED) is 0.665. The third-order valence-corrected chi connectivity index (χ3v) is 7.73. The van der Waals surface area contributed by atoms with Crippen molar-refractivity contribution >= 4 is 20.6 Å². The fourth-order valence-electron chi connectivity index (χ4n) is 2.23. The van der Waals surface area contributed by atoms with E-state index in [0.717, 1.165) is 25.3 Å². The van der Waals surface area contributed by atoms with Crippen molar-refractivity contribution in [1.82, 2.24) is 0 Å². The van der Waals surface area contributed by atoms with E-state index in [1.54, 1.807) is 0 Å². The molecular formula is C12H18O3SSi. The number of benzene rings is 1. The molecule has 1 aliphatic heterocycles. The second kappa shape index (κ2) is 5.91. The molecule has 0 aliphatic carbocycles. The molecule has 1 heterocycles. The molecule has 0 bridgehead atoms. The van der Waals surface area contributed by atoms with Gasteiger partial charge in [-0.05, 0) is 25.3 Å². The van der Waals surface area contributed by atoms with Gasteiger partial charge in [0.15, 0.2) is 11.1 Å². The molecule has 1 aromatic carbocycles. The number of hydrogen-bond acceptors (Lipinski definition) is 2. The summed E-state index contributed by atoms with van der Waals surface area (Å²) in [7, 11) is -0.759. The summed E-state index contributed by atoms with van der Waals surface area (Å²) in [6.45, 7) is 0.633. The second-order valence-corrected chi connectivity index (χ2v) is 8.35. The minimum absolute atomic E-state index is 0.633. The molecule has 5 heteroatoms. The van der Waals surface area contributed by atoms with E-state index in [2.05, 4.69) is 12.1 Å². The third kappa shape index (κ3) is 3.25. The van der Waals surface area contributed by atoms with Crippen LogP contribution in [0.15, 0.2) is 30.3 Å². The van der Waals surface area contributed by atoms with Crippen LogP contribution < -0.4 is 0 Å². The largest absolute Gasteiger partial charge is 0.364 e. The Labute approximate surface area is 107 Å². The van der Waals surface area contributed by atoms with E-state index in [9.17, 15) is 8.76 Å². The van der Waals surface area contributed by atoms with Crippen LogP contribution in [0, 0.1) is 0 Å². The first-order valence-electron chi connectivity index (χ1n) is 6.02. The van der Waals surface area contributed by atoms with Crippen LogP contribution in [0.25, 0.3) is 0 Å². The molecule has 0 amide bonds. The van der Waals surface area contributed by atoms with Gasteiger partial charge in [-0.1, -0.05) is 35.9 Å². The molecular weight excluding hydrogens is 252 g/mol. The highest BCUT2D eigenvalue weighted by Crippen LogP contribution is 2.27. The summed E-state index contributed by atoms with van der Waals surface area (Å²) in [4.78, 5) is 0. The molecule has 1 saturated heterocycles. The molecule has 2 unspecified atom stereocenters. The van der Waals surface area contributed by atoms with Crippen LogP contribution in [0.5, 0.6) is 0 Å². The topological polar surface area (TPSA) is 46.5 Å². The lowest BCUT2D eigenvalue weighted by Crippen LogP contribution is -2.47. The molecule has 1 aromatic rings. The zero-order valence-corrected chi connectivity index (χ0v) is 12.0. The fourth-order valence-corrected chi connectivity index (χ4v) is 5.53. The Bertz CT molecular complexity index is 377. The van der Waals surface area contributed by atoms with Gasteiger partial charge in [0.2, 0.25) is 0 Å². The molecule has 0 aromatic heterocycles. The smallest absolute Gasteiger partial charge is 0.181 e. The summed E-state index contributed by atoms with van der Waals surface area (Å²) in [6.07, 6.45) is 2.77. The van der Waals surface area contributed by atoms with E-state index < -0.39 is 25.2 Å². The lowest BCUT2D eigenvalue weighted by molar-refractivity contribution is 0.0335. The molecule has 1 aliphatic rings. The van der Waals surface area contributed by atoms with Crippen LogP contribution in [-0.2, 0) is 21.9 Å². The van der Waals surface area contributed by atoms with Crippen molar-refractivity contribution < 1.29 is 13.5 Å². The van der Waals surface area contributed by atoms with Crippen molar-refractivity contribution in [3.8, 4) is 0 Å².